The second-order valence-electron chi connectivity index (χ2n) is 1.37. The lowest BCUT2D eigenvalue weighted by Gasteiger charge is -1.91. The maximum absolute atomic E-state index is 5.43. The molecule has 0 radical (unpaired) electrons. The van der Waals surface area contributed by atoms with Gasteiger partial charge in [-0.3, -0.25) is 0 Å². The van der Waals surface area contributed by atoms with E-state index in [9.17, 15) is 0 Å². The molecule has 2 heterocycles. The first-order valence-electron chi connectivity index (χ1n) is 2.26. The summed E-state index contributed by atoms with van der Waals surface area (Å²) in [5.74, 6) is 0. The van der Waals surface area contributed by atoms with Crippen LogP contribution in [0.3, 0.4) is 0 Å². The molecule has 1 nitrogen and oxygen atoms in total. The highest BCUT2D eigenvalue weighted by Crippen LogP contribution is 2.82. The summed E-state index contributed by atoms with van der Waals surface area (Å²) >= 11 is 2.64. The Hall–Kier alpha value is 2.55. The van der Waals surface area contributed by atoms with Crippen molar-refractivity contribution in [2.75, 3.05) is 7.11 Å². The molecule has 10 heavy (non-hydrogen) atoms. The molecular weight excluding hydrogens is 375 g/mol. The van der Waals surface area contributed by atoms with Crippen LogP contribution in [0.4, 0.5) is 0 Å². The molecule has 0 saturated heterocycles. The topological polar surface area (TPSA) is 9.23 Å². The first kappa shape index (κ1) is 9.12. The van der Waals surface area contributed by atoms with Gasteiger partial charge in [-0.05, 0) is 22.0 Å². The molecule has 2 aromatic rings. The molecule has 0 aliphatic rings. The third-order valence-corrected chi connectivity index (χ3v) is 60.2. The van der Waals surface area contributed by atoms with Crippen molar-refractivity contribution in [1.82, 2.24) is 0 Å². The summed E-state index contributed by atoms with van der Waals surface area (Å²) < 4.78 is 5.76. The van der Waals surface area contributed by atoms with Gasteiger partial charge in [0.05, 0.1) is 10.7 Å². The zero-order valence-electron chi connectivity index (χ0n) is 4.80. The van der Waals surface area contributed by atoms with Gasteiger partial charge in [0, 0.05) is 11.1 Å². The number of halogens is 1. The third kappa shape index (κ3) is 1.60. The highest BCUT2D eigenvalue weighted by Gasteiger charge is 2.09. The van der Waals surface area contributed by atoms with E-state index in [1.165, 1.54) is 0 Å². The minimum absolute atomic E-state index is 0.0357. The normalized spacial score (nSPS) is 18.6. The molecule has 0 aromatic carbocycles. The van der Waals surface area contributed by atoms with Crippen molar-refractivity contribution in [3.63, 3.8) is 0 Å². The van der Waals surface area contributed by atoms with Gasteiger partial charge in [0.2, 0.25) is 0 Å². The van der Waals surface area contributed by atoms with E-state index in [0.717, 1.165) is 0 Å². The number of rotatable bonds is 1. The van der Waals surface area contributed by atoms with Gasteiger partial charge in [0.15, 0.2) is 0 Å². The fourth-order valence-electron chi connectivity index (χ4n) is 0.484. The quantitative estimate of drug-likeness (QED) is 0.558. The molecule has 2 aromatic heterocycles. The summed E-state index contributed by atoms with van der Waals surface area (Å²) in [6.45, 7) is -0.0357. The summed E-state index contributed by atoms with van der Waals surface area (Å²) in [6.07, 6.45) is 0. The third-order valence-electron chi connectivity index (χ3n) is 0.835. The van der Waals surface area contributed by atoms with Gasteiger partial charge >= 0.3 is 0 Å². The molecular formula is CH3IOP4S3. The van der Waals surface area contributed by atoms with Crippen LogP contribution in [0.25, 0.3) is 0 Å². The SMILES string of the molecule is COp1sp2sp1sp2I. The van der Waals surface area contributed by atoms with E-state index in [-0.39, 0.29) is 12.0 Å². The van der Waals surface area contributed by atoms with Crippen LogP contribution in [0.2, 0.25) is 0 Å². The van der Waals surface area contributed by atoms with Gasteiger partial charge in [-0.25, -0.2) is 0 Å². The van der Waals surface area contributed by atoms with Crippen molar-refractivity contribution in [2.24, 2.45) is 0 Å². The Labute approximate surface area is 85.7 Å². The monoisotopic (exact) mass is 378 g/mol. The Morgan fingerprint density at radius 2 is 2.00 bits per heavy atom. The highest BCUT2D eigenvalue weighted by atomic mass is 127. The fourth-order valence-corrected chi connectivity index (χ4v) is 103. The van der Waals surface area contributed by atoms with Crippen LogP contribution in [-0.4, -0.2) is 7.11 Å². The van der Waals surface area contributed by atoms with Gasteiger partial charge in [0.25, 0.3) is 0 Å². The van der Waals surface area contributed by atoms with E-state index >= 15 is 0 Å². The predicted octanol–water partition coefficient (Wildman–Crippen LogP) is 5.95. The van der Waals surface area contributed by atoms with Crippen LogP contribution in [-0.2, 0) is 0 Å². The van der Waals surface area contributed by atoms with E-state index in [4.69, 9.17) is 4.52 Å². The molecule has 0 fully saturated rings. The molecule has 58 valence electrons. The Morgan fingerprint density at radius 1 is 1.20 bits per heavy atom. The van der Waals surface area contributed by atoms with Crippen LogP contribution in [0, 0.1) is 0 Å². The fraction of sp³-hybridized carbons (Fsp3) is 1.00. The van der Waals surface area contributed by atoms with Gasteiger partial charge in [0.1, 0.15) is 6.62 Å². The molecule has 0 N–H and O–H groups in total. The van der Waals surface area contributed by atoms with Gasteiger partial charge in [-0.15, -0.1) is 0 Å². The molecule has 9 heteroatoms. The summed E-state index contributed by atoms with van der Waals surface area (Å²) in [4.78, 5) is 0. The number of hydrogen-bond acceptors (Lipinski definition) is 4. The van der Waals surface area contributed by atoms with Crippen molar-refractivity contribution >= 4 is 75.1 Å². The molecule has 0 saturated carbocycles. The average molecular weight is 378 g/mol. The van der Waals surface area contributed by atoms with Crippen molar-refractivity contribution in [1.29, 1.82) is 0 Å². The Kier molecular flexibility index (Phi) is 3.41. The zero-order chi connectivity index (χ0) is 7.14. The van der Waals surface area contributed by atoms with Gasteiger partial charge in [-0.2, -0.15) is 0 Å². The first-order chi connectivity index (χ1) is 4.81. The summed E-state index contributed by atoms with van der Waals surface area (Å²) in [5.41, 5.74) is 0. The molecule has 4 unspecified atom stereocenters. The highest BCUT2D eigenvalue weighted by molar-refractivity contribution is 14.2. The average Bonchev–Trinajstić information content (AvgIpc) is 2.44. The van der Waals surface area contributed by atoms with E-state index in [1.54, 1.807) is 0 Å². The molecule has 0 spiro atoms. The molecule has 0 aliphatic heterocycles. The van der Waals surface area contributed by atoms with Crippen molar-refractivity contribution in [2.45, 2.75) is 0 Å². The van der Waals surface area contributed by atoms with Crippen molar-refractivity contribution in [3.8, 4) is 0 Å². The van der Waals surface area contributed by atoms with E-state index in [0.29, 0.717) is 9.41 Å². The predicted molar refractivity (Wildman–Crippen MR) is 68.9 cm³/mol. The smallest absolute Gasteiger partial charge is 0.117 e. The van der Waals surface area contributed by atoms with Crippen molar-refractivity contribution < 1.29 is 4.52 Å². The minimum atomic E-state index is -0.0357. The van der Waals surface area contributed by atoms with E-state index < -0.39 is 0 Å². The second-order valence-corrected chi connectivity index (χ2v) is 34.5. The lowest BCUT2D eigenvalue weighted by molar-refractivity contribution is 0.563. The standard InChI is InChI=1S/CH3IOP4S3/c1-3-5-7-8-4(2)6(9-5)10-7/h1H3. The minimum Gasteiger partial charge on any atom is -0.322 e. The van der Waals surface area contributed by atoms with Crippen LogP contribution in [0.5, 0.6) is 0 Å². The maximum Gasteiger partial charge on any atom is 0.117 e. The van der Waals surface area contributed by atoms with Crippen molar-refractivity contribution in [3.05, 3.63) is 0 Å². The second kappa shape index (κ2) is 3.74. The number of hydrogen-bond donors (Lipinski definition) is 0. The Balaban J connectivity index is 2.70. The van der Waals surface area contributed by atoms with E-state index in [2.05, 4.69) is 53.7 Å². The molecule has 4 atom stereocenters. The largest absolute Gasteiger partial charge is 0.322 e. The molecule has 0 aliphatic carbocycles. The summed E-state index contributed by atoms with van der Waals surface area (Å²) in [6, 6.07) is 0. The van der Waals surface area contributed by atoms with Crippen LogP contribution < -0.4 is 4.52 Å². The molecule has 2 rings (SSSR count). The Morgan fingerprint density at radius 3 is 2.40 bits per heavy atom. The van der Waals surface area contributed by atoms with Gasteiger partial charge < -0.3 is 4.52 Å². The van der Waals surface area contributed by atoms with Crippen LogP contribution in [0.15, 0.2) is 0 Å². The summed E-state index contributed by atoms with van der Waals surface area (Å²) in [5, 5.41) is 0.523. The molecule has 0 amide bonds. The lowest BCUT2D eigenvalue weighted by Crippen LogP contribution is -1.65. The zero-order valence-corrected chi connectivity index (χ0v) is 13.0. The number of fused-ring (bicyclic) bond motifs is 2. The Bertz CT molecular complexity index is 348. The van der Waals surface area contributed by atoms with E-state index in [1.807, 2.05) is 7.11 Å². The van der Waals surface area contributed by atoms with Gasteiger partial charge in [-0.1, -0.05) is 31.6 Å². The summed E-state index contributed by atoms with van der Waals surface area (Å²) in [7, 11) is 8.53. The molecule has 2 bridgehead atoms. The first-order valence-corrected chi connectivity index (χ1v) is 17.8. The lowest BCUT2D eigenvalue weighted by atomic mass is 11.8. The van der Waals surface area contributed by atoms with Crippen LogP contribution >= 0.6 is 75.1 Å². The maximum atomic E-state index is 5.43. The van der Waals surface area contributed by atoms with Crippen LogP contribution in [0.1, 0.15) is 0 Å².